The molecule has 0 spiro atoms. The van der Waals surface area contributed by atoms with E-state index in [1.54, 1.807) is 12.1 Å². The molecule has 0 saturated heterocycles. The minimum atomic E-state index is -0.674. The van der Waals surface area contributed by atoms with Gasteiger partial charge in [-0.25, -0.2) is 8.78 Å². The number of carbonyl (C=O) groups excluding carboxylic acids is 2. The summed E-state index contributed by atoms with van der Waals surface area (Å²) in [7, 11) is 0. The van der Waals surface area contributed by atoms with Gasteiger partial charge in [-0.2, -0.15) is 0 Å². The molecule has 2 aromatic rings. The Balaban J connectivity index is 1.58. The molecule has 0 N–H and O–H groups in total. The molecule has 1 aliphatic heterocycles. The van der Waals surface area contributed by atoms with Gasteiger partial charge >= 0.3 is 5.91 Å². The van der Waals surface area contributed by atoms with Crippen molar-refractivity contribution in [2.45, 2.75) is 25.4 Å². The zero-order chi connectivity index (χ0) is 17.6. The fourth-order valence-electron chi connectivity index (χ4n) is 3.15. The molecule has 0 atom stereocenters. The first-order valence-corrected chi connectivity index (χ1v) is 8.17. The Morgan fingerprint density at radius 2 is 1.68 bits per heavy atom. The molecule has 1 aliphatic carbocycles. The zero-order valence-electron chi connectivity index (χ0n) is 13.4. The van der Waals surface area contributed by atoms with E-state index >= 15 is 0 Å². The second-order valence-corrected chi connectivity index (χ2v) is 6.47. The quantitative estimate of drug-likeness (QED) is 0.784. The topological polar surface area (TPSA) is 40.6 Å². The van der Waals surface area contributed by atoms with Crippen LogP contribution in [-0.2, 0) is 11.3 Å². The minimum Gasteiger partial charge on any atom is -0.291 e. The van der Waals surface area contributed by atoms with E-state index in [0.717, 1.165) is 24.5 Å². The molecule has 1 saturated carbocycles. The molecular formula is C19H16F2N2O2. The van der Waals surface area contributed by atoms with Gasteiger partial charge in [0, 0.05) is 12.6 Å². The van der Waals surface area contributed by atoms with Gasteiger partial charge in [0.05, 0.1) is 17.9 Å². The van der Waals surface area contributed by atoms with Crippen LogP contribution in [-0.4, -0.2) is 29.3 Å². The van der Waals surface area contributed by atoms with Crippen molar-refractivity contribution < 1.29 is 18.4 Å². The third-order valence-electron chi connectivity index (χ3n) is 4.62. The Hall–Kier alpha value is -2.60. The molecule has 0 unspecified atom stereocenters. The Labute approximate surface area is 143 Å². The SMILES string of the molecule is O=C1C(=O)N(CN(Cc2ccc(F)cc2)C2CC2)c2ccc(F)cc21. The van der Waals surface area contributed by atoms with Crippen molar-refractivity contribution in [3.8, 4) is 0 Å². The monoisotopic (exact) mass is 342 g/mol. The van der Waals surface area contributed by atoms with Crippen molar-refractivity contribution in [2.24, 2.45) is 0 Å². The predicted octanol–water partition coefficient (Wildman–Crippen LogP) is 3.12. The van der Waals surface area contributed by atoms with E-state index in [4.69, 9.17) is 0 Å². The molecule has 1 fully saturated rings. The van der Waals surface area contributed by atoms with Crippen LogP contribution in [0.1, 0.15) is 28.8 Å². The summed E-state index contributed by atoms with van der Waals surface area (Å²) in [6.07, 6.45) is 2.04. The highest BCUT2D eigenvalue weighted by Crippen LogP contribution is 2.33. The van der Waals surface area contributed by atoms with Crippen molar-refractivity contribution in [1.82, 2.24) is 4.90 Å². The second kappa shape index (κ2) is 6.04. The van der Waals surface area contributed by atoms with E-state index in [1.165, 1.54) is 29.2 Å². The lowest BCUT2D eigenvalue weighted by Gasteiger charge is -2.28. The number of hydrogen-bond donors (Lipinski definition) is 0. The zero-order valence-corrected chi connectivity index (χ0v) is 13.4. The molecule has 6 heteroatoms. The lowest BCUT2D eigenvalue weighted by molar-refractivity contribution is -0.114. The van der Waals surface area contributed by atoms with Gasteiger partial charge in [0.2, 0.25) is 0 Å². The van der Waals surface area contributed by atoms with Gasteiger partial charge in [-0.15, -0.1) is 0 Å². The van der Waals surface area contributed by atoms with Gasteiger partial charge in [-0.1, -0.05) is 12.1 Å². The summed E-state index contributed by atoms with van der Waals surface area (Å²) in [6.45, 7) is 0.810. The smallest absolute Gasteiger partial charge is 0.291 e. The van der Waals surface area contributed by atoms with Gasteiger partial charge in [0.1, 0.15) is 11.6 Å². The first kappa shape index (κ1) is 15.9. The molecular weight excluding hydrogens is 326 g/mol. The molecule has 1 heterocycles. The third-order valence-corrected chi connectivity index (χ3v) is 4.62. The number of fused-ring (bicyclic) bond motifs is 1. The first-order chi connectivity index (χ1) is 12.0. The maximum Gasteiger partial charge on any atom is 0.300 e. The second-order valence-electron chi connectivity index (χ2n) is 6.47. The molecule has 2 aliphatic rings. The highest BCUT2D eigenvalue weighted by Gasteiger charge is 2.39. The number of amides is 1. The maximum absolute atomic E-state index is 13.4. The third kappa shape index (κ3) is 3.05. The molecule has 128 valence electrons. The molecule has 4 nitrogen and oxygen atoms in total. The normalized spacial score (nSPS) is 16.7. The van der Waals surface area contributed by atoms with Crippen molar-refractivity contribution in [3.63, 3.8) is 0 Å². The summed E-state index contributed by atoms with van der Waals surface area (Å²) in [6, 6.07) is 10.4. The van der Waals surface area contributed by atoms with Crippen molar-refractivity contribution in [1.29, 1.82) is 0 Å². The number of halogens is 2. The molecule has 0 radical (unpaired) electrons. The van der Waals surface area contributed by atoms with E-state index in [-0.39, 0.29) is 18.0 Å². The van der Waals surface area contributed by atoms with E-state index in [9.17, 15) is 18.4 Å². The summed E-state index contributed by atoms with van der Waals surface area (Å²) in [5.74, 6) is -2.14. The number of anilines is 1. The Bertz CT molecular complexity index is 847. The van der Waals surface area contributed by atoms with Gasteiger partial charge in [-0.05, 0) is 48.7 Å². The standard InChI is InChI=1S/C19H16F2N2O2/c20-13-3-1-12(2-4-13)10-22(15-6-7-15)11-23-17-8-5-14(21)9-16(17)18(24)19(23)25/h1-5,8-9,15H,6-7,10-11H2. The molecule has 4 rings (SSSR count). The lowest BCUT2D eigenvalue weighted by Crippen LogP contribution is -2.41. The van der Waals surface area contributed by atoms with E-state index in [0.29, 0.717) is 18.3 Å². The lowest BCUT2D eigenvalue weighted by atomic mass is 10.1. The van der Waals surface area contributed by atoms with Crippen LogP contribution in [0.5, 0.6) is 0 Å². The maximum atomic E-state index is 13.4. The molecule has 25 heavy (non-hydrogen) atoms. The Morgan fingerprint density at radius 3 is 2.36 bits per heavy atom. The van der Waals surface area contributed by atoms with E-state index in [1.807, 2.05) is 0 Å². The highest BCUT2D eigenvalue weighted by molar-refractivity contribution is 6.52. The van der Waals surface area contributed by atoms with Gasteiger partial charge in [0.15, 0.2) is 0 Å². The van der Waals surface area contributed by atoms with Gasteiger partial charge in [0.25, 0.3) is 5.78 Å². The van der Waals surface area contributed by atoms with E-state index in [2.05, 4.69) is 4.90 Å². The average Bonchev–Trinajstić information content (AvgIpc) is 3.41. The van der Waals surface area contributed by atoms with Crippen molar-refractivity contribution >= 4 is 17.4 Å². The van der Waals surface area contributed by atoms with Crippen LogP contribution in [0.2, 0.25) is 0 Å². The largest absolute Gasteiger partial charge is 0.300 e. The predicted molar refractivity (Wildman–Crippen MR) is 88.0 cm³/mol. The number of rotatable bonds is 5. The fraction of sp³-hybridized carbons (Fsp3) is 0.263. The van der Waals surface area contributed by atoms with Crippen molar-refractivity contribution in [3.05, 3.63) is 65.2 Å². The molecule has 2 aromatic carbocycles. The Morgan fingerprint density at radius 1 is 1.00 bits per heavy atom. The number of Topliss-reactive ketones (excluding diaryl/α,β-unsaturated/α-hetero) is 1. The van der Waals surface area contributed by atoms with Gasteiger partial charge in [-0.3, -0.25) is 19.4 Å². The minimum absolute atomic E-state index is 0.113. The first-order valence-electron chi connectivity index (χ1n) is 8.17. The number of nitrogens with zero attached hydrogens (tertiary/aromatic N) is 2. The van der Waals surface area contributed by atoms with Crippen LogP contribution in [0.15, 0.2) is 42.5 Å². The number of benzene rings is 2. The number of hydrogen-bond acceptors (Lipinski definition) is 3. The van der Waals surface area contributed by atoms with Gasteiger partial charge < -0.3 is 0 Å². The molecule has 1 amide bonds. The van der Waals surface area contributed by atoms with Crippen LogP contribution >= 0.6 is 0 Å². The van der Waals surface area contributed by atoms with Crippen molar-refractivity contribution in [2.75, 3.05) is 11.6 Å². The summed E-state index contributed by atoms with van der Waals surface area (Å²) < 4.78 is 26.5. The van der Waals surface area contributed by atoms with Crippen LogP contribution in [0.25, 0.3) is 0 Å². The summed E-state index contributed by atoms with van der Waals surface area (Å²) >= 11 is 0. The van der Waals surface area contributed by atoms with Crippen LogP contribution < -0.4 is 4.90 Å². The van der Waals surface area contributed by atoms with Crippen LogP contribution in [0.4, 0.5) is 14.5 Å². The van der Waals surface area contributed by atoms with Crippen LogP contribution in [0, 0.1) is 11.6 Å². The fourth-order valence-corrected chi connectivity index (χ4v) is 3.15. The number of ketones is 1. The van der Waals surface area contributed by atoms with E-state index < -0.39 is 17.5 Å². The number of carbonyl (C=O) groups is 2. The molecule has 0 bridgehead atoms. The summed E-state index contributed by atoms with van der Waals surface area (Å²) in [5.41, 5.74) is 1.49. The summed E-state index contributed by atoms with van der Waals surface area (Å²) in [5, 5.41) is 0. The average molecular weight is 342 g/mol. The molecule has 0 aromatic heterocycles. The summed E-state index contributed by atoms with van der Waals surface area (Å²) in [4.78, 5) is 27.9. The Kier molecular flexibility index (Phi) is 3.84. The van der Waals surface area contributed by atoms with Crippen LogP contribution in [0.3, 0.4) is 0 Å². The highest BCUT2D eigenvalue weighted by atomic mass is 19.1.